The van der Waals surface area contributed by atoms with Crippen LogP contribution in [0.5, 0.6) is 0 Å². The molecule has 98 valence electrons. The van der Waals surface area contributed by atoms with Crippen LogP contribution in [0.15, 0.2) is 12.2 Å². The van der Waals surface area contributed by atoms with Gasteiger partial charge in [0.05, 0.1) is 11.2 Å². The summed E-state index contributed by atoms with van der Waals surface area (Å²) < 4.78 is 0. The van der Waals surface area contributed by atoms with E-state index in [2.05, 4.69) is 13.5 Å². The van der Waals surface area contributed by atoms with Gasteiger partial charge in [-0.15, -0.1) is 0 Å². The van der Waals surface area contributed by atoms with Crippen LogP contribution >= 0.6 is 0 Å². The van der Waals surface area contributed by atoms with Crippen molar-refractivity contribution in [3.8, 4) is 0 Å². The molecule has 17 heavy (non-hydrogen) atoms. The Morgan fingerprint density at radius 3 is 2.35 bits per heavy atom. The second kappa shape index (κ2) is 3.83. The van der Waals surface area contributed by atoms with Crippen LogP contribution in [0.4, 0.5) is 0 Å². The van der Waals surface area contributed by atoms with Crippen molar-refractivity contribution in [2.45, 2.75) is 70.5 Å². The predicted molar refractivity (Wildman–Crippen MR) is 69.7 cm³/mol. The molecule has 0 unspecified atom stereocenters. The summed E-state index contributed by atoms with van der Waals surface area (Å²) in [5.41, 5.74) is -0.341. The number of fused-ring (bicyclic) bond motifs is 1. The Hall–Kier alpha value is -0.340. The number of aliphatic hydroxyl groups is 2. The minimum Gasteiger partial charge on any atom is -0.390 e. The average molecular weight is 238 g/mol. The molecule has 0 bridgehead atoms. The van der Waals surface area contributed by atoms with Crippen molar-refractivity contribution in [3.63, 3.8) is 0 Å². The number of hydrogen-bond acceptors (Lipinski definition) is 2. The summed E-state index contributed by atoms with van der Waals surface area (Å²) in [6, 6.07) is 0. The van der Waals surface area contributed by atoms with Gasteiger partial charge in [-0.05, 0) is 62.9 Å². The molecular weight excluding hydrogens is 212 g/mol. The quantitative estimate of drug-likeness (QED) is 0.689. The van der Waals surface area contributed by atoms with Crippen LogP contribution in [0.3, 0.4) is 0 Å². The first-order valence-corrected chi connectivity index (χ1v) is 6.80. The third kappa shape index (κ3) is 2.06. The van der Waals surface area contributed by atoms with Crippen LogP contribution in [0.2, 0.25) is 0 Å². The highest BCUT2D eigenvalue weighted by Gasteiger charge is 2.54. The Labute approximate surface area is 105 Å². The number of rotatable bonds is 1. The standard InChI is InChI=1S/C15H26O2/c1-11(2)15(17)9-8-13(3)6-5-7-14(4,16)12(13)10-15/h12,16-17H,1,5-10H2,2-4H3/t12-,13-,14-,15-/m0/s1. The van der Waals surface area contributed by atoms with E-state index >= 15 is 0 Å². The fourth-order valence-corrected chi connectivity index (χ4v) is 4.03. The van der Waals surface area contributed by atoms with Crippen LogP contribution in [-0.2, 0) is 0 Å². The molecule has 0 heterocycles. The molecule has 2 saturated carbocycles. The van der Waals surface area contributed by atoms with Crippen molar-refractivity contribution < 1.29 is 10.2 Å². The van der Waals surface area contributed by atoms with Crippen LogP contribution in [0, 0.1) is 11.3 Å². The Kier molecular flexibility index (Phi) is 2.95. The maximum absolute atomic E-state index is 10.6. The van der Waals surface area contributed by atoms with Crippen molar-refractivity contribution in [2.75, 3.05) is 0 Å². The van der Waals surface area contributed by atoms with E-state index in [-0.39, 0.29) is 11.3 Å². The minimum absolute atomic E-state index is 0.194. The van der Waals surface area contributed by atoms with E-state index in [4.69, 9.17) is 0 Å². The van der Waals surface area contributed by atoms with Crippen molar-refractivity contribution in [1.82, 2.24) is 0 Å². The van der Waals surface area contributed by atoms with Gasteiger partial charge in [0.15, 0.2) is 0 Å². The summed E-state index contributed by atoms with van der Waals surface area (Å²) in [6.07, 6.45) is 5.61. The minimum atomic E-state index is -0.758. The summed E-state index contributed by atoms with van der Waals surface area (Å²) >= 11 is 0. The molecule has 0 aromatic rings. The lowest BCUT2D eigenvalue weighted by Gasteiger charge is -2.56. The molecule has 0 amide bonds. The second-order valence-corrected chi connectivity index (χ2v) is 6.93. The van der Waals surface area contributed by atoms with Gasteiger partial charge in [-0.25, -0.2) is 0 Å². The highest BCUT2D eigenvalue weighted by Crippen LogP contribution is 2.57. The summed E-state index contributed by atoms with van der Waals surface area (Å²) in [5.74, 6) is 0.194. The largest absolute Gasteiger partial charge is 0.390 e. The molecule has 2 aliphatic carbocycles. The molecule has 0 aliphatic heterocycles. The fourth-order valence-electron chi connectivity index (χ4n) is 4.03. The van der Waals surface area contributed by atoms with Gasteiger partial charge in [0.2, 0.25) is 0 Å². The summed E-state index contributed by atoms with van der Waals surface area (Å²) in [4.78, 5) is 0. The van der Waals surface area contributed by atoms with E-state index in [1.165, 1.54) is 6.42 Å². The molecule has 2 fully saturated rings. The van der Waals surface area contributed by atoms with E-state index in [0.29, 0.717) is 6.42 Å². The van der Waals surface area contributed by atoms with Gasteiger partial charge < -0.3 is 10.2 Å². The maximum Gasteiger partial charge on any atom is 0.0855 e. The molecular formula is C15H26O2. The van der Waals surface area contributed by atoms with Gasteiger partial charge in [0, 0.05) is 0 Å². The third-order valence-electron chi connectivity index (χ3n) is 5.47. The van der Waals surface area contributed by atoms with Crippen molar-refractivity contribution in [1.29, 1.82) is 0 Å². The Morgan fingerprint density at radius 1 is 1.12 bits per heavy atom. The van der Waals surface area contributed by atoms with Crippen molar-refractivity contribution >= 4 is 0 Å². The van der Waals surface area contributed by atoms with Gasteiger partial charge in [-0.1, -0.05) is 19.9 Å². The Morgan fingerprint density at radius 2 is 1.76 bits per heavy atom. The van der Waals surface area contributed by atoms with Gasteiger partial charge in [0.25, 0.3) is 0 Å². The molecule has 0 radical (unpaired) electrons. The lowest BCUT2D eigenvalue weighted by Crippen LogP contribution is -2.55. The highest BCUT2D eigenvalue weighted by molar-refractivity contribution is 5.16. The maximum atomic E-state index is 10.6. The highest BCUT2D eigenvalue weighted by atomic mass is 16.3. The molecule has 0 aromatic heterocycles. The van der Waals surface area contributed by atoms with Crippen LogP contribution < -0.4 is 0 Å². The molecule has 4 atom stereocenters. The van der Waals surface area contributed by atoms with E-state index in [1.807, 2.05) is 13.8 Å². The lowest BCUT2D eigenvalue weighted by atomic mass is 9.52. The average Bonchev–Trinajstić information content (AvgIpc) is 2.20. The van der Waals surface area contributed by atoms with Crippen molar-refractivity contribution in [3.05, 3.63) is 12.2 Å². The van der Waals surface area contributed by atoms with Crippen LogP contribution in [0.1, 0.15) is 59.3 Å². The third-order valence-corrected chi connectivity index (χ3v) is 5.47. The van der Waals surface area contributed by atoms with Crippen LogP contribution in [-0.4, -0.2) is 21.4 Å². The smallest absolute Gasteiger partial charge is 0.0855 e. The molecule has 2 N–H and O–H groups in total. The molecule has 0 saturated heterocycles. The zero-order valence-electron chi connectivity index (χ0n) is 11.4. The monoisotopic (exact) mass is 238 g/mol. The SMILES string of the molecule is C=C(C)[C@]1(O)CC[C@]2(C)CCC[C@](C)(O)[C@H]2C1. The van der Waals surface area contributed by atoms with Crippen LogP contribution in [0.25, 0.3) is 0 Å². The van der Waals surface area contributed by atoms with E-state index in [0.717, 1.165) is 31.3 Å². The second-order valence-electron chi connectivity index (χ2n) is 6.93. The topological polar surface area (TPSA) is 40.5 Å². The fraction of sp³-hybridized carbons (Fsp3) is 0.867. The summed E-state index contributed by atoms with van der Waals surface area (Å²) in [6.45, 7) is 10.1. The molecule has 2 aliphatic rings. The first-order chi connectivity index (χ1) is 7.70. The van der Waals surface area contributed by atoms with E-state index < -0.39 is 11.2 Å². The lowest BCUT2D eigenvalue weighted by molar-refractivity contribution is -0.152. The van der Waals surface area contributed by atoms with Gasteiger partial charge in [-0.3, -0.25) is 0 Å². The first-order valence-electron chi connectivity index (χ1n) is 6.80. The molecule has 0 aromatic carbocycles. The zero-order valence-corrected chi connectivity index (χ0v) is 11.4. The van der Waals surface area contributed by atoms with Gasteiger partial charge >= 0.3 is 0 Å². The van der Waals surface area contributed by atoms with Gasteiger partial charge in [0.1, 0.15) is 0 Å². The Bertz CT molecular complexity index is 334. The van der Waals surface area contributed by atoms with Gasteiger partial charge in [-0.2, -0.15) is 0 Å². The molecule has 2 heteroatoms. The van der Waals surface area contributed by atoms with Crippen molar-refractivity contribution in [2.24, 2.45) is 11.3 Å². The predicted octanol–water partition coefficient (Wildman–Crippen LogP) is 3.03. The normalized spacial score (nSPS) is 50.8. The Balaban J connectivity index is 2.29. The number of hydrogen-bond donors (Lipinski definition) is 2. The molecule has 2 nitrogen and oxygen atoms in total. The zero-order chi connectivity index (χ0) is 12.9. The van der Waals surface area contributed by atoms with E-state index in [9.17, 15) is 10.2 Å². The summed E-state index contributed by atoms with van der Waals surface area (Å²) in [5, 5.41) is 21.2. The van der Waals surface area contributed by atoms with E-state index in [1.54, 1.807) is 0 Å². The summed E-state index contributed by atoms with van der Waals surface area (Å²) in [7, 11) is 0. The first kappa shape index (κ1) is 13.1. The molecule has 2 rings (SSSR count). The molecule has 0 spiro atoms.